The molecule has 0 aromatic rings. The van der Waals surface area contributed by atoms with E-state index in [1.54, 1.807) is 0 Å². The fourth-order valence-electron chi connectivity index (χ4n) is 8.27. The van der Waals surface area contributed by atoms with Crippen LogP contribution in [0.15, 0.2) is 11.6 Å². The lowest BCUT2D eigenvalue weighted by Gasteiger charge is -2.61. The molecular formula is C28H42O6S. The van der Waals surface area contributed by atoms with Gasteiger partial charge in [-0.25, -0.2) is 0 Å². The number of hydrogen-bond acceptors (Lipinski definition) is 7. The molecule has 3 fully saturated rings. The fraction of sp³-hybridized carbons (Fsp3) is 0.821. The largest absolute Gasteiger partial charge is 0.458 e. The Morgan fingerprint density at radius 3 is 2.69 bits per heavy atom. The highest BCUT2D eigenvalue weighted by molar-refractivity contribution is 7.98. The highest BCUT2D eigenvalue weighted by Gasteiger charge is 2.69. The Morgan fingerprint density at radius 2 is 1.97 bits per heavy atom. The van der Waals surface area contributed by atoms with Crippen molar-refractivity contribution in [1.29, 1.82) is 0 Å². The van der Waals surface area contributed by atoms with Gasteiger partial charge in [0.05, 0.1) is 12.0 Å². The summed E-state index contributed by atoms with van der Waals surface area (Å²) in [4.78, 5) is 38.0. The van der Waals surface area contributed by atoms with E-state index in [9.17, 15) is 19.5 Å². The summed E-state index contributed by atoms with van der Waals surface area (Å²) in [5, 5.41) is 11.7. The zero-order valence-corrected chi connectivity index (χ0v) is 22.6. The van der Waals surface area contributed by atoms with Crippen LogP contribution < -0.4 is 0 Å². The summed E-state index contributed by atoms with van der Waals surface area (Å²) in [6.45, 7) is 6.11. The lowest BCUT2D eigenvalue weighted by Crippen LogP contribution is -2.63. The fourth-order valence-corrected chi connectivity index (χ4v) is 8.59. The average molecular weight is 507 g/mol. The molecule has 6 nitrogen and oxygen atoms in total. The molecule has 0 spiro atoms. The lowest BCUT2D eigenvalue weighted by molar-refractivity contribution is -0.193. The van der Waals surface area contributed by atoms with Crippen LogP contribution in [0.1, 0.15) is 85.0 Å². The van der Waals surface area contributed by atoms with Gasteiger partial charge in [0.2, 0.25) is 5.78 Å². The van der Waals surface area contributed by atoms with Crippen molar-refractivity contribution < 1.29 is 29.0 Å². The number of aliphatic hydroxyl groups excluding tert-OH is 1. The van der Waals surface area contributed by atoms with E-state index < -0.39 is 17.1 Å². The summed E-state index contributed by atoms with van der Waals surface area (Å²) in [5.74, 6) is 0.692. The molecule has 0 bridgehead atoms. The van der Waals surface area contributed by atoms with Crippen LogP contribution in [-0.2, 0) is 23.9 Å². The van der Waals surface area contributed by atoms with Gasteiger partial charge in [-0.1, -0.05) is 32.8 Å². The molecular weight excluding hydrogens is 464 g/mol. The first-order valence-electron chi connectivity index (χ1n) is 13.4. The molecule has 0 radical (unpaired) electrons. The van der Waals surface area contributed by atoms with Gasteiger partial charge in [0, 0.05) is 18.3 Å². The van der Waals surface area contributed by atoms with Gasteiger partial charge in [-0.15, -0.1) is 11.8 Å². The van der Waals surface area contributed by atoms with Gasteiger partial charge < -0.3 is 14.6 Å². The second-order valence-electron chi connectivity index (χ2n) is 11.7. The van der Waals surface area contributed by atoms with E-state index in [1.165, 1.54) is 17.3 Å². The summed E-state index contributed by atoms with van der Waals surface area (Å²) in [6.07, 6.45) is 10.3. The van der Waals surface area contributed by atoms with Crippen LogP contribution in [0.25, 0.3) is 0 Å². The van der Waals surface area contributed by atoms with E-state index >= 15 is 0 Å². The Morgan fingerprint density at radius 1 is 1.20 bits per heavy atom. The van der Waals surface area contributed by atoms with Crippen LogP contribution in [0.2, 0.25) is 0 Å². The van der Waals surface area contributed by atoms with E-state index in [2.05, 4.69) is 13.8 Å². The van der Waals surface area contributed by atoms with Gasteiger partial charge in [-0.3, -0.25) is 14.4 Å². The quantitative estimate of drug-likeness (QED) is 0.352. The van der Waals surface area contributed by atoms with Gasteiger partial charge in [-0.2, -0.15) is 0 Å². The molecule has 0 aliphatic heterocycles. The summed E-state index contributed by atoms with van der Waals surface area (Å²) in [6, 6.07) is 0. The molecule has 4 aliphatic rings. The van der Waals surface area contributed by atoms with Gasteiger partial charge in [0.15, 0.2) is 12.4 Å². The van der Waals surface area contributed by atoms with Crippen LogP contribution in [0.3, 0.4) is 0 Å². The molecule has 0 aromatic carbocycles. The minimum absolute atomic E-state index is 0.0898. The minimum atomic E-state index is -1.06. The van der Waals surface area contributed by atoms with E-state index in [0.29, 0.717) is 31.6 Å². The highest BCUT2D eigenvalue weighted by atomic mass is 32.2. The first-order chi connectivity index (χ1) is 16.6. The second kappa shape index (κ2) is 10.3. The Balaban J connectivity index is 1.61. The molecule has 1 N–H and O–H groups in total. The Bertz CT molecular complexity index is 885. The predicted molar refractivity (Wildman–Crippen MR) is 136 cm³/mol. The Kier molecular flexibility index (Phi) is 7.90. The van der Waals surface area contributed by atoms with Gasteiger partial charge in [0.25, 0.3) is 0 Å². The Labute approximate surface area is 214 Å². The number of aliphatic hydroxyl groups is 1. The molecule has 0 saturated heterocycles. The van der Waals surface area contributed by atoms with Crippen molar-refractivity contribution >= 4 is 29.3 Å². The number of allylic oxidation sites excluding steroid dienone is 1. The molecule has 0 aromatic heterocycles. The molecule has 4 aliphatic carbocycles. The maximum absolute atomic E-state index is 13.8. The van der Waals surface area contributed by atoms with E-state index in [1.807, 2.05) is 19.3 Å². The number of Topliss-reactive ketones (excluding diaryl/α,β-unsaturated/α-hetero) is 1. The van der Waals surface area contributed by atoms with Crippen LogP contribution >= 0.6 is 11.8 Å². The number of carbonyl (C=O) groups is 3. The average Bonchev–Trinajstić information content (AvgIpc) is 3.12. The van der Waals surface area contributed by atoms with Crippen LogP contribution in [0, 0.1) is 28.6 Å². The number of rotatable bonds is 9. The Hall–Kier alpha value is -1.18. The first kappa shape index (κ1) is 26.9. The standard InChI is InChI=1S/C28H42O6S/c1-5-6-7-24(32)33-16-23(31)28(34-17-35-4)13-11-21-20-9-8-18-14-19(29)10-12-26(18,2)25(20)22(30)15-27(21,28)3/h14,20-22,25,30H,5-13,15-17H2,1-4H3/t20-,21-,22-,25+,26-,27-,28-/m0/s1. The number of thioether (sulfide) groups is 1. The number of fused-ring (bicyclic) bond motifs is 5. The summed E-state index contributed by atoms with van der Waals surface area (Å²) < 4.78 is 11.8. The van der Waals surface area contributed by atoms with Crippen LogP contribution in [0.5, 0.6) is 0 Å². The molecule has 0 unspecified atom stereocenters. The molecule has 7 heteroatoms. The number of unbranched alkanes of at least 4 members (excludes halogenated alkanes) is 1. The van der Waals surface area contributed by atoms with Gasteiger partial charge in [0.1, 0.15) is 5.60 Å². The summed E-state index contributed by atoms with van der Waals surface area (Å²) >= 11 is 1.53. The van der Waals surface area contributed by atoms with Crippen molar-refractivity contribution in [3.8, 4) is 0 Å². The summed E-state index contributed by atoms with van der Waals surface area (Å²) in [7, 11) is 0. The van der Waals surface area contributed by atoms with Crippen LogP contribution in [0.4, 0.5) is 0 Å². The second-order valence-corrected chi connectivity index (χ2v) is 12.5. The smallest absolute Gasteiger partial charge is 0.306 e. The van der Waals surface area contributed by atoms with Crippen molar-refractivity contribution in [3.63, 3.8) is 0 Å². The highest BCUT2D eigenvalue weighted by Crippen LogP contribution is 2.68. The van der Waals surface area contributed by atoms with Crippen LogP contribution in [-0.4, -0.2) is 53.1 Å². The molecule has 35 heavy (non-hydrogen) atoms. The molecule has 4 rings (SSSR count). The van der Waals surface area contributed by atoms with Crippen molar-refractivity contribution in [3.05, 3.63) is 11.6 Å². The number of ketones is 2. The number of hydrogen-bond donors (Lipinski definition) is 1. The lowest BCUT2D eigenvalue weighted by atomic mass is 9.45. The zero-order valence-electron chi connectivity index (χ0n) is 21.8. The number of ether oxygens (including phenoxy) is 2. The van der Waals surface area contributed by atoms with Crippen molar-refractivity contribution in [1.82, 2.24) is 0 Å². The molecule has 7 atom stereocenters. The van der Waals surface area contributed by atoms with Crippen molar-refractivity contribution in [2.45, 2.75) is 96.7 Å². The predicted octanol–water partition coefficient (Wildman–Crippen LogP) is 4.87. The van der Waals surface area contributed by atoms with Gasteiger partial charge in [-0.05, 0) is 80.4 Å². The third-order valence-corrected chi connectivity index (χ3v) is 10.3. The van der Waals surface area contributed by atoms with E-state index in [0.717, 1.165) is 38.5 Å². The number of esters is 1. The van der Waals surface area contributed by atoms with Crippen molar-refractivity contribution in [2.75, 3.05) is 18.8 Å². The molecule has 0 amide bonds. The topological polar surface area (TPSA) is 89.9 Å². The molecule has 3 saturated carbocycles. The van der Waals surface area contributed by atoms with E-state index in [-0.39, 0.29) is 47.3 Å². The third kappa shape index (κ3) is 4.44. The molecule has 0 heterocycles. The van der Waals surface area contributed by atoms with Crippen molar-refractivity contribution in [2.24, 2.45) is 28.6 Å². The minimum Gasteiger partial charge on any atom is -0.458 e. The maximum Gasteiger partial charge on any atom is 0.306 e. The summed E-state index contributed by atoms with van der Waals surface area (Å²) in [5.41, 5.74) is -0.548. The third-order valence-electron chi connectivity index (χ3n) is 9.99. The maximum atomic E-state index is 13.8. The zero-order chi connectivity index (χ0) is 25.4. The SMILES string of the molecule is CCCCC(=O)OCC(=O)[C@@]1(OCSC)CC[C@H]2[C@@H]3CCC4=CC(=O)CC[C@]4(C)[C@H]3[C@@H](O)C[C@@]21C. The first-order valence-corrected chi connectivity index (χ1v) is 14.8. The normalized spacial score (nSPS) is 40.4. The monoisotopic (exact) mass is 506 g/mol. The molecule has 196 valence electrons. The van der Waals surface area contributed by atoms with E-state index in [4.69, 9.17) is 9.47 Å². The number of carbonyl (C=O) groups excluding carboxylic acids is 3. The van der Waals surface area contributed by atoms with Gasteiger partial charge >= 0.3 is 5.97 Å².